The van der Waals surface area contributed by atoms with E-state index >= 15 is 0 Å². The van der Waals surface area contributed by atoms with Gasteiger partial charge >= 0.3 is 0 Å². The van der Waals surface area contributed by atoms with Gasteiger partial charge in [0.1, 0.15) is 0 Å². The fourth-order valence-electron chi connectivity index (χ4n) is 4.20. The van der Waals surface area contributed by atoms with Crippen LogP contribution in [0.15, 0.2) is 17.1 Å². The molecule has 0 N–H and O–H groups in total. The van der Waals surface area contributed by atoms with Crippen LogP contribution in [0.3, 0.4) is 0 Å². The van der Waals surface area contributed by atoms with Crippen molar-refractivity contribution in [3.63, 3.8) is 0 Å². The van der Waals surface area contributed by atoms with Crippen molar-refractivity contribution in [3.8, 4) is 11.8 Å². The summed E-state index contributed by atoms with van der Waals surface area (Å²) in [6, 6.07) is 5.11. The Kier molecular flexibility index (Phi) is 5.37. The summed E-state index contributed by atoms with van der Waals surface area (Å²) in [6.45, 7) is 5.94. The zero-order valence-electron chi connectivity index (χ0n) is 13.7. The second-order valence-electron chi connectivity index (χ2n) is 6.93. The van der Waals surface area contributed by atoms with Crippen molar-refractivity contribution in [2.24, 2.45) is 16.8 Å². The van der Waals surface area contributed by atoms with Gasteiger partial charge in [0.15, 0.2) is 0 Å². The molecule has 22 heavy (non-hydrogen) atoms. The average Bonchev–Trinajstić information content (AvgIpc) is 3.03. The normalized spacial score (nSPS) is 31.0. The number of nitrogens with zero attached hydrogens (tertiary/aromatic N) is 1. The first-order valence-corrected chi connectivity index (χ1v) is 9.66. The third kappa shape index (κ3) is 3.63. The van der Waals surface area contributed by atoms with E-state index in [2.05, 4.69) is 42.6 Å². The van der Waals surface area contributed by atoms with Crippen molar-refractivity contribution in [2.45, 2.75) is 70.3 Å². The first kappa shape index (κ1) is 15.8. The summed E-state index contributed by atoms with van der Waals surface area (Å²) >= 11 is 1.93. The molecule has 0 spiro atoms. The molecule has 3 rings (SSSR count). The second kappa shape index (κ2) is 7.47. The molecule has 1 nitrogen and oxygen atoms in total. The molecule has 1 aromatic rings. The molecule has 2 heteroatoms. The van der Waals surface area contributed by atoms with E-state index in [0.717, 1.165) is 30.6 Å². The van der Waals surface area contributed by atoms with Crippen LogP contribution in [-0.2, 0) is 0 Å². The number of rotatable bonds is 3. The van der Waals surface area contributed by atoms with Crippen molar-refractivity contribution in [1.29, 1.82) is 0 Å². The maximum atomic E-state index is 4.29. The standard InChI is InChI=1S/C20H27NS/c1-3-4-5-6-19-11-12-20(22-19)17-8-7-16-14-18(21-2)10-9-15(16)13-17/h11-12,15-18H,2-4,7-10,13-14H2,1H3. The fraction of sp³-hybridized carbons (Fsp3) is 0.650. The number of thiophene rings is 1. The Morgan fingerprint density at radius 1 is 1.18 bits per heavy atom. The number of aliphatic imine (C=N–C) groups is 1. The van der Waals surface area contributed by atoms with Gasteiger partial charge in [-0.05, 0) is 81.5 Å². The van der Waals surface area contributed by atoms with E-state index in [1.165, 1.54) is 43.4 Å². The molecular formula is C20H27NS. The minimum Gasteiger partial charge on any atom is -0.298 e. The Balaban J connectivity index is 1.61. The maximum absolute atomic E-state index is 4.29. The summed E-state index contributed by atoms with van der Waals surface area (Å²) < 4.78 is 0. The van der Waals surface area contributed by atoms with Gasteiger partial charge < -0.3 is 0 Å². The third-order valence-electron chi connectivity index (χ3n) is 5.46. The predicted octanol–water partition coefficient (Wildman–Crippen LogP) is 5.65. The van der Waals surface area contributed by atoms with Crippen LogP contribution >= 0.6 is 11.3 Å². The highest BCUT2D eigenvalue weighted by molar-refractivity contribution is 7.12. The molecule has 1 aromatic heterocycles. The molecule has 0 aromatic carbocycles. The van der Waals surface area contributed by atoms with Crippen molar-refractivity contribution in [2.75, 3.05) is 0 Å². The highest BCUT2D eigenvalue weighted by atomic mass is 32.1. The number of hydrogen-bond donors (Lipinski definition) is 0. The van der Waals surface area contributed by atoms with E-state index < -0.39 is 0 Å². The lowest BCUT2D eigenvalue weighted by Gasteiger charge is -2.41. The minimum atomic E-state index is 0.542. The van der Waals surface area contributed by atoms with Gasteiger partial charge in [0, 0.05) is 17.3 Å². The van der Waals surface area contributed by atoms with Crippen LogP contribution in [0.5, 0.6) is 0 Å². The number of unbranched alkanes of at least 4 members (excludes halogenated alkanes) is 1. The summed E-state index contributed by atoms with van der Waals surface area (Å²) in [5.41, 5.74) is 0. The molecule has 2 saturated carbocycles. The van der Waals surface area contributed by atoms with Crippen LogP contribution in [-0.4, -0.2) is 12.8 Å². The lowest BCUT2D eigenvalue weighted by Crippen LogP contribution is -2.31. The van der Waals surface area contributed by atoms with Crippen molar-refractivity contribution < 1.29 is 0 Å². The van der Waals surface area contributed by atoms with E-state index in [4.69, 9.17) is 0 Å². The summed E-state index contributed by atoms with van der Waals surface area (Å²) in [5, 5.41) is 0. The fourth-order valence-corrected chi connectivity index (χ4v) is 5.23. The monoisotopic (exact) mass is 313 g/mol. The van der Waals surface area contributed by atoms with Crippen LogP contribution in [0, 0.1) is 23.7 Å². The summed E-state index contributed by atoms with van der Waals surface area (Å²) in [4.78, 5) is 7.12. The maximum Gasteiger partial charge on any atom is 0.0771 e. The second-order valence-corrected chi connectivity index (χ2v) is 8.05. The van der Waals surface area contributed by atoms with Crippen LogP contribution in [0.4, 0.5) is 0 Å². The quantitative estimate of drug-likeness (QED) is 0.505. The zero-order valence-corrected chi connectivity index (χ0v) is 14.5. The topological polar surface area (TPSA) is 12.4 Å². The summed E-state index contributed by atoms with van der Waals surface area (Å²) in [7, 11) is 0. The molecule has 1 heterocycles. The van der Waals surface area contributed by atoms with E-state index in [1.54, 1.807) is 4.88 Å². The van der Waals surface area contributed by atoms with Crippen LogP contribution in [0.1, 0.15) is 74.0 Å². The molecule has 0 aliphatic heterocycles. The Hall–Kier alpha value is -1.07. The van der Waals surface area contributed by atoms with Gasteiger partial charge in [-0.15, -0.1) is 11.3 Å². The Morgan fingerprint density at radius 3 is 2.82 bits per heavy atom. The number of hydrogen-bond acceptors (Lipinski definition) is 2. The zero-order chi connectivity index (χ0) is 15.4. The predicted molar refractivity (Wildman–Crippen MR) is 96.9 cm³/mol. The van der Waals surface area contributed by atoms with Gasteiger partial charge in [-0.25, -0.2) is 0 Å². The van der Waals surface area contributed by atoms with E-state index in [9.17, 15) is 0 Å². The molecule has 2 aliphatic carbocycles. The van der Waals surface area contributed by atoms with Crippen LogP contribution < -0.4 is 0 Å². The van der Waals surface area contributed by atoms with Gasteiger partial charge in [-0.3, -0.25) is 4.99 Å². The molecule has 2 aliphatic rings. The third-order valence-corrected chi connectivity index (χ3v) is 6.62. The van der Waals surface area contributed by atoms with Crippen molar-refractivity contribution in [3.05, 3.63) is 21.9 Å². The Morgan fingerprint density at radius 2 is 2.00 bits per heavy atom. The molecule has 0 saturated heterocycles. The molecule has 2 fully saturated rings. The van der Waals surface area contributed by atoms with Gasteiger partial charge in [-0.2, -0.15) is 0 Å². The first-order valence-electron chi connectivity index (χ1n) is 8.84. The number of fused-ring (bicyclic) bond motifs is 1. The summed E-state index contributed by atoms with van der Waals surface area (Å²) in [6.07, 6.45) is 10.2. The van der Waals surface area contributed by atoms with E-state index in [0.29, 0.717) is 6.04 Å². The largest absolute Gasteiger partial charge is 0.298 e. The van der Waals surface area contributed by atoms with Gasteiger partial charge in [0.05, 0.1) is 4.88 Å². The van der Waals surface area contributed by atoms with Crippen LogP contribution in [0.2, 0.25) is 0 Å². The van der Waals surface area contributed by atoms with E-state index in [-0.39, 0.29) is 0 Å². The molecule has 0 radical (unpaired) electrons. The molecular weight excluding hydrogens is 286 g/mol. The molecule has 4 atom stereocenters. The van der Waals surface area contributed by atoms with Gasteiger partial charge in [-0.1, -0.05) is 18.8 Å². The minimum absolute atomic E-state index is 0.542. The van der Waals surface area contributed by atoms with Gasteiger partial charge in [0.25, 0.3) is 0 Å². The van der Waals surface area contributed by atoms with E-state index in [1.807, 2.05) is 11.3 Å². The molecule has 0 amide bonds. The highest BCUT2D eigenvalue weighted by Gasteiger charge is 2.36. The van der Waals surface area contributed by atoms with Crippen LogP contribution in [0.25, 0.3) is 0 Å². The van der Waals surface area contributed by atoms with Crippen molar-refractivity contribution >= 4 is 18.1 Å². The van der Waals surface area contributed by atoms with Gasteiger partial charge in [0.2, 0.25) is 0 Å². The lowest BCUT2D eigenvalue weighted by atomic mass is 9.66. The van der Waals surface area contributed by atoms with Crippen molar-refractivity contribution in [1.82, 2.24) is 0 Å². The first-order chi connectivity index (χ1) is 10.8. The Bertz CT molecular complexity index is 562. The average molecular weight is 314 g/mol. The Labute approximate surface area is 139 Å². The smallest absolute Gasteiger partial charge is 0.0771 e. The SMILES string of the molecule is C=NC1CCC2CC(c3ccc(C#CCCC)s3)CCC2C1. The molecule has 0 bridgehead atoms. The molecule has 118 valence electrons. The summed E-state index contributed by atoms with van der Waals surface area (Å²) in [5.74, 6) is 9.20. The molecule has 4 unspecified atom stereocenters. The highest BCUT2D eigenvalue weighted by Crippen LogP contribution is 2.47. The lowest BCUT2D eigenvalue weighted by molar-refractivity contribution is 0.144.